The Morgan fingerprint density at radius 3 is 2.64 bits per heavy atom. The maximum atomic E-state index is 5.42. The van der Waals surface area contributed by atoms with Crippen LogP contribution in [0.2, 0.25) is 0 Å². The molecule has 11 heavy (non-hydrogen) atoms. The van der Waals surface area contributed by atoms with Gasteiger partial charge >= 0.3 is 0 Å². The molecule has 3 heteroatoms. The summed E-state index contributed by atoms with van der Waals surface area (Å²) in [6.07, 6.45) is 0.985. The maximum absolute atomic E-state index is 5.42. The lowest BCUT2D eigenvalue weighted by Crippen LogP contribution is -2.27. The predicted molar refractivity (Wildman–Crippen MR) is 41.4 cm³/mol. The topological polar surface area (TPSA) is 27.7 Å². The van der Waals surface area contributed by atoms with E-state index >= 15 is 0 Å². The molecule has 0 radical (unpaired) electrons. The van der Waals surface area contributed by atoms with E-state index in [0.29, 0.717) is 6.61 Å². The summed E-state index contributed by atoms with van der Waals surface area (Å²) in [4.78, 5) is 0. The summed E-state index contributed by atoms with van der Waals surface area (Å²) in [5.41, 5.74) is 0. The summed E-state index contributed by atoms with van der Waals surface area (Å²) < 4.78 is 16.0. The van der Waals surface area contributed by atoms with E-state index < -0.39 is 0 Å². The van der Waals surface area contributed by atoms with Gasteiger partial charge in [0.2, 0.25) is 0 Å². The van der Waals surface area contributed by atoms with E-state index in [1.165, 1.54) is 0 Å². The van der Waals surface area contributed by atoms with E-state index in [2.05, 4.69) is 0 Å². The second-order valence-corrected chi connectivity index (χ2v) is 2.48. The van der Waals surface area contributed by atoms with E-state index in [-0.39, 0.29) is 12.4 Å². The van der Waals surface area contributed by atoms with Crippen LogP contribution in [-0.4, -0.2) is 32.2 Å². The van der Waals surface area contributed by atoms with Crippen LogP contribution in [-0.2, 0) is 14.2 Å². The van der Waals surface area contributed by atoms with Crippen LogP contribution < -0.4 is 0 Å². The molecule has 2 unspecified atom stereocenters. The molecule has 66 valence electrons. The molecule has 1 heterocycles. The number of ether oxygens (including phenoxy) is 3. The van der Waals surface area contributed by atoms with Gasteiger partial charge in [0.05, 0.1) is 6.61 Å². The van der Waals surface area contributed by atoms with Gasteiger partial charge in [0.1, 0.15) is 6.10 Å². The van der Waals surface area contributed by atoms with Crippen molar-refractivity contribution in [3.63, 3.8) is 0 Å². The first-order valence-corrected chi connectivity index (χ1v) is 4.23. The lowest BCUT2D eigenvalue weighted by Gasteiger charge is -2.17. The van der Waals surface area contributed by atoms with Crippen molar-refractivity contribution in [3.8, 4) is 0 Å². The zero-order valence-corrected chi connectivity index (χ0v) is 7.21. The first-order valence-electron chi connectivity index (χ1n) is 4.23. The minimum Gasteiger partial charge on any atom is -0.373 e. The third kappa shape index (κ3) is 2.43. The molecule has 1 fully saturated rings. The van der Waals surface area contributed by atoms with Crippen LogP contribution in [0.4, 0.5) is 0 Å². The molecule has 1 saturated heterocycles. The van der Waals surface area contributed by atoms with Crippen LogP contribution in [0.5, 0.6) is 0 Å². The van der Waals surface area contributed by atoms with E-state index in [9.17, 15) is 0 Å². The molecule has 2 atom stereocenters. The predicted octanol–water partition coefficient (Wildman–Crippen LogP) is 1.17. The molecule has 0 aromatic rings. The Hall–Kier alpha value is -0.120. The van der Waals surface area contributed by atoms with Crippen LogP contribution in [0.3, 0.4) is 0 Å². The van der Waals surface area contributed by atoms with Crippen molar-refractivity contribution in [2.24, 2.45) is 0 Å². The molecule has 0 aromatic carbocycles. The normalized spacial score (nSPS) is 31.1. The number of hydrogen-bond donors (Lipinski definition) is 0. The van der Waals surface area contributed by atoms with Gasteiger partial charge in [-0.2, -0.15) is 0 Å². The average Bonchev–Trinajstić information content (AvgIpc) is 2.39. The molecule has 3 nitrogen and oxygen atoms in total. The standard InChI is InChI=1S/C8H16O3/c1-3-9-7-5-6-11-8(7)10-4-2/h7-8H,3-6H2,1-2H3. The fourth-order valence-corrected chi connectivity index (χ4v) is 1.24. The SMILES string of the molecule is CCOC1CCOC1OCC. The van der Waals surface area contributed by atoms with Gasteiger partial charge in [-0.3, -0.25) is 0 Å². The van der Waals surface area contributed by atoms with Crippen LogP contribution >= 0.6 is 0 Å². The van der Waals surface area contributed by atoms with E-state index in [0.717, 1.165) is 19.6 Å². The second kappa shape index (κ2) is 4.70. The van der Waals surface area contributed by atoms with Gasteiger partial charge in [-0.25, -0.2) is 0 Å². The van der Waals surface area contributed by atoms with Crippen molar-refractivity contribution in [2.75, 3.05) is 19.8 Å². The van der Waals surface area contributed by atoms with Crippen LogP contribution in [0.15, 0.2) is 0 Å². The Morgan fingerprint density at radius 2 is 2.00 bits per heavy atom. The van der Waals surface area contributed by atoms with E-state index in [1.54, 1.807) is 0 Å². The monoisotopic (exact) mass is 160 g/mol. The number of rotatable bonds is 4. The molecule has 1 aliphatic heterocycles. The minimum atomic E-state index is -0.125. The quantitative estimate of drug-likeness (QED) is 0.618. The molecule has 0 aliphatic carbocycles. The first-order chi connectivity index (χ1) is 5.38. The first kappa shape index (κ1) is 8.97. The van der Waals surface area contributed by atoms with Crippen molar-refractivity contribution in [1.29, 1.82) is 0 Å². The summed E-state index contributed by atoms with van der Waals surface area (Å²) in [6.45, 7) is 6.13. The molecule has 0 spiro atoms. The van der Waals surface area contributed by atoms with Gasteiger partial charge in [0.25, 0.3) is 0 Å². The second-order valence-electron chi connectivity index (χ2n) is 2.48. The van der Waals surface area contributed by atoms with Crippen molar-refractivity contribution in [2.45, 2.75) is 32.7 Å². The molecule has 0 N–H and O–H groups in total. The average molecular weight is 160 g/mol. The Kier molecular flexibility index (Phi) is 3.83. The summed E-state index contributed by atoms with van der Waals surface area (Å²) in [5.74, 6) is 0. The van der Waals surface area contributed by atoms with E-state index in [4.69, 9.17) is 14.2 Å². The lowest BCUT2D eigenvalue weighted by molar-refractivity contribution is -0.159. The highest BCUT2D eigenvalue weighted by Crippen LogP contribution is 2.17. The molecule has 0 saturated carbocycles. The largest absolute Gasteiger partial charge is 0.373 e. The zero-order valence-electron chi connectivity index (χ0n) is 7.21. The molecule has 0 amide bonds. The van der Waals surface area contributed by atoms with Crippen molar-refractivity contribution < 1.29 is 14.2 Å². The van der Waals surface area contributed by atoms with Crippen LogP contribution in [0.1, 0.15) is 20.3 Å². The zero-order chi connectivity index (χ0) is 8.10. The molecule has 0 bridgehead atoms. The molecule has 0 aromatic heterocycles. The smallest absolute Gasteiger partial charge is 0.183 e. The van der Waals surface area contributed by atoms with Gasteiger partial charge < -0.3 is 14.2 Å². The van der Waals surface area contributed by atoms with Gasteiger partial charge in [0.15, 0.2) is 6.29 Å². The van der Waals surface area contributed by atoms with Crippen molar-refractivity contribution in [1.82, 2.24) is 0 Å². The Morgan fingerprint density at radius 1 is 1.27 bits per heavy atom. The Bertz CT molecular complexity index is 93.5. The Balaban J connectivity index is 2.25. The maximum Gasteiger partial charge on any atom is 0.183 e. The van der Waals surface area contributed by atoms with Crippen LogP contribution in [0, 0.1) is 0 Å². The highest BCUT2D eigenvalue weighted by molar-refractivity contribution is 4.69. The van der Waals surface area contributed by atoms with E-state index in [1.807, 2.05) is 13.8 Å². The minimum absolute atomic E-state index is 0.125. The molecular weight excluding hydrogens is 144 g/mol. The molecular formula is C8H16O3. The third-order valence-electron chi connectivity index (χ3n) is 1.70. The number of hydrogen-bond acceptors (Lipinski definition) is 3. The van der Waals surface area contributed by atoms with Gasteiger partial charge in [-0.05, 0) is 13.8 Å². The summed E-state index contributed by atoms with van der Waals surface area (Å²) >= 11 is 0. The van der Waals surface area contributed by atoms with Crippen molar-refractivity contribution in [3.05, 3.63) is 0 Å². The fourth-order valence-electron chi connectivity index (χ4n) is 1.24. The Labute approximate surface area is 67.6 Å². The third-order valence-corrected chi connectivity index (χ3v) is 1.70. The highest BCUT2D eigenvalue weighted by atomic mass is 16.7. The lowest BCUT2D eigenvalue weighted by atomic mass is 10.3. The highest BCUT2D eigenvalue weighted by Gasteiger charge is 2.28. The van der Waals surface area contributed by atoms with Crippen molar-refractivity contribution >= 4 is 0 Å². The summed E-state index contributed by atoms with van der Waals surface area (Å²) in [5, 5.41) is 0. The summed E-state index contributed by atoms with van der Waals surface area (Å²) in [6, 6.07) is 0. The molecule has 1 aliphatic rings. The van der Waals surface area contributed by atoms with Crippen LogP contribution in [0.25, 0.3) is 0 Å². The molecule has 1 rings (SSSR count). The summed E-state index contributed by atoms with van der Waals surface area (Å²) in [7, 11) is 0. The fraction of sp³-hybridized carbons (Fsp3) is 1.00. The van der Waals surface area contributed by atoms with Gasteiger partial charge in [-0.15, -0.1) is 0 Å². The van der Waals surface area contributed by atoms with Gasteiger partial charge in [-0.1, -0.05) is 0 Å². The van der Waals surface area contributed by atoms with Gasteiger partial charge in [0, 0.05) is 19.6 Å².